The average Bonchev–Trinajstić information content (AvgIpc) is 3.74. The highest BCUT2D eigenvalue weighted by atomic mass is 16.3. The second kappa shape index (κ2) is 12.2. The fourth-order valence-electron chi connectivity index (χ4n) is 6.99. The molecule has 1 heteroatoms. The predicted molar refractivity (Wildman–Crippen MR) is 216 cm³/mol. The molecule has 240 valence electrons. The molecular weight excluding hydrogens is 617 g/mol. The molecule has 0 spiro atoms. The molecule has 10 aromatic rings. The Bertz CT molecular complexity index is 3880. The summed E-state index contributed by atoms with van der Waals surface area (Å²) in [5, 5.41) is -0.223. The van der Waals surface area contributed by atoms with Crippen LogP contribution in [0.15, 0.2) is 186 Å². The van der Waals surface area contributed by atoms with Crippen LogP contribution in [-0.4, -0.2) is 0 Å². The van der Waals surface area contributed by atoms with Crippen LogP contribution in [0.5, 0.6) is 0 Å². The van der Waals surface area contributed by atoms with Gasteiger partial charge in [0, 0.05) is 16.3 Å². The van der Waals surface area contributed by atoms with Gasteiger partial charge in [0.1, 0.15) is 11.2 Å². The van der Waals surface area contributed by atoms with Gasteiger partial charge in [0.05, 0.1) is 26.0 Å². The zero-order valence-corrected chi connectivity index (χ0v) is 26.7. The molecule has 0 radical (unpaired) electrons. The van der Waals surface area contributed by atoms with Gasteiger partial charge in [-0.25, -0.2) is 0 Å². The molecule has 0 unspecified atom stereocenters. The van der Waals surface area contributed by atoms with E-state index in [1.165, 1.54) is 0 Å². The van der Waals surface area contributed by atoms with E-state index in [9.17, 15) is 11.0 Å². The van der Waals surface area contributed by atoms with Crippen molar-refractivity contribution in [3.05, 3.63) is 204 Å². The maximum atomic E-state index is 9.70. The highest BCUT2D eigenvalue weighted by molar-refractivity contribution is 6.12. The van der Waals surface area contributed by atoms with Gasteiger partial charge in [0.15, 0.2) is 0 Å². The van der Waals surface area contributed by atoms with Gasteiger partial charge in [-0.05, 0) is 96.2 Å². The van der Waals surface area contributed by atoms with Crippen molar-refractivity contribution in [1.29, 1.82) is 0 Å². The lowest BCUT2D eigenvalue weighted by Crippen LogP contribution is -1.99. The van der Waals surface area contributed by atoms with E-state index >= 15 is 0 Å². The van der Waals surface area contributed by atoms with Crippen molar-refractivity contribution in [1.82, 2.24) is 0 Å². The average molecular weight is 670 g/mol. The van der Waals surface area contributed by atoms with Crippen LogP contribution in [0.2, 0.25) is 0 Å². The van der Waals surface area contributed by atoms with Gasteiger partial charge in [-0.3, -0.25) is 0 Å². The van der Waals surface area contributed by atoms with Crippen LogP contribution < -0.4 is 0 Å². The number of furan rings is 1. The van der Waals surface area contributed by atoms with Crippen LogP contribution in [0.25, 0.3) is 76.5 Å². The minimum absolute atomic E-state index is 0.0151. The van der Waals surface area contributed by atoms with Crippen LogP contribution in [0.4, 0.5) is 0 Å². The predicted octanol–water partition coefficient (Wildman–Crippen LogP) is 13.6. The van der Waals surface area contributed by atoms with E-state index in [2.05, 4.69) is 0 Å². The number of fused-ring (bicyclic) bond motifs is 6. The lowest BCUT2D eigenvalue weighted by Gasteiger charge is -2.18. The van der Waals surface area contributed by atoms with E-state index in [4.69, 9.17) is 19.5 Å². The molecule has 0 fully saturated rings. The van der Waals surface area contributed by atoms with Crippen LogP contribution >= 0.6 is 0 Å². The standard InChI is InChI=1S/C50H34O/c1-3-14-33(15-4-1)30-46-41-20-9-11-22-43(41)47(44-23-12-10-21-42(44)46)31-35-26-28-38(40-19-8-7-18-37(35)40)36-27-29-49-48(32-36)45-25-13-24-39(50(45)51-49)34-16-5-2-6-17-34/h1-29,32H,30-31H2/i1D,3D,4D,7D,8D,9D,10D,11D,12D,14D,15D,18D,19D,20D,21D,22D,23D,26D,28D. The van der Waals surface area contributed by atoms with Crippen molar-refractivity contribution < 1.29 is 30.5 Å². The number of para-hydroxylation sites is 1. The number of rotatable bonds is 6. The number of hydrogen-bond acceptors (Lipinski definition) is 1. The molecule has 1 nitrogen and oxygen atoms in total. The summed E-state index contributed by atoms with van der Waals surface area (Å²) >= 11 is 0. The van der Waals surface area contributed by atoms with Gasteiger partial charge in [-0.1, -0.05) is 169 Å². The molecule has 1 aromatic heterocycles. The van der Waals surface area contributed by atoms with Crippen LogP contribution in [0.3, 0.4) is 0 Å². The first-order chi connectivity index (χ1) is 33.2. The highest BCUT2D eigenvalue weighted by Gasteiger charge is 2.18. The van der Waals surface area contributed by atoms with Gasteiger partial charge >= 0.3 is 0 Å². The van der Waals surface area contributed by atoms with Crippen LogP contribution in [-0.2, 0) is 12.8 Å². The number of hydrogen-bond donors (Lipinski definition) is 0. The summed E-state index contributed by atoms with van der Waals surface area (Å²) in [7, 11) is 0. The third kappa shape index (κ3) is 5.01. The van der Waals surface area contributed by atoms with E-state index in [1.54, 1.807) is 18.2 Å². The lowest BCUT2D eigenvalue weighted by molar-refractivity contribution is 0.670. The Kier molecular flexibility index (Phi) is 3.83. The number of benzene rings is 9. The van der Waals surface area contributed by atoms with E-state index < -0.39 is 128 Å². The first-order valence-corrected chi connectivity index (χ1v) is 16.2. The summed E-state index contributed by atoms with van der Waals surface area (Å²) in [4.78, 5) is 0. The normalized spacial score (nSPS) is 16.9. The first-order valence-electron chi connectivity index (χ1n) is 25.7. The summed E-state index contributed by atoms with van der Waals surface area (Å²) in [6, 6.07) is 7.75. The van der Waals surface area contributed by atoms with Gasteiger partial charge in [-0.15, -0.1) is 0 Å². The molecule has 0 aliphatic carbocycles. The molecule has 0 amide bonds. The van der Waals surface area contributed by atoms with E-state index in [0.717, 1.165) is 16.5 Å². The minimum Gasteiger partial charge on any atom is -0.455 e. The SMILES string of the molecule is [2H]c1c([2H])c([2H])c(Cc2c3c([2H])c([2H])c([2H])c([2H])c3c(Cc3c([2H])c([2H])c(-c4ccc5oc6c(-c7ccccc7)cccc6c5c4)c4c([2H])c([2H])c([2H])c([2H])c34)c3c([2H])c([2H])c([2H])c([2H])c23)c([2H])c1[2H]. The van der Waals surface area contributed by atoms with Crippen molar-refractivity contribution >= 4 is 54.3 Å². The third-order valence-electron chi connectivity index (χ3n) is 9.29. The molecule has 9 aromatic carbocycles. The summed E-state index contributed by atoms with van der Waals surface area (Å²) in [6.45, 7) is 0. The minimum atomic E-state index is -0.750. The Balaban J connectivity index is 1.31. The molecule has 0 N–H and O–H groups in total. The summed E-state index contributed by atoms with van der Waals surface area (Å²) in [5.74, 6) is 0. The summed E-state index contributed by atoms with van der Waals surface area (Å²) in [5.41, 5.74) is 2.20. The molecule has 0 bridgehead atoms. The van der Waals surface area contributed by atoms with Crippen molar-refractivity contribution in [3.8, 4) is 22.3 Å². The Morgan fingerprint density at radius 2 is 1.04 bits per heavy atom. The molecule has 0 aliphatic heterocycles. The van der Waals surface area contributed by atoms with Crippen LogP contribution in [0.1, 0.15) is 48.3 Å². The van der Waals surface area contributed by atoms with Crippen molar-refractivity contribution in [2.24, 2.45) is 0 Å². The maximum Gasteiger partial charge on any atom is 0.143 e. The maximum absolute atomic E-state index is 9.70. The zero-order chi connectivity index (χ0) is 50.3. The molecular formula is C50H34O. The fraction of sp³-hybridized carbons (Fsp3) is 0.0400. The van der Waals surface area contributed by atoms with Crippen molar-refractivity contribution in [2.45, 2.75) is 12.8 Å². The smallest absolute Gasteiger partial charge is 0.143 e. The fourth-order valence-corrected chi connectivity index (χ4v) is 6.99. The Morgan fingerprint density at radius 3 is 1.75 bits per heavy atom. The Morgan fingerprint density at radius 1 is 0.412 bits per heavy atom. The summed E-state index contributed by atoms with van der Waals surface area (Å²) in [6.07, 6.45) is -1.31. The Labute approximate surface area is 323 Å². The molecule has 1 heterocycles. The first kappa shape index (κ1) is 16.1. The molecule has 0 atom stereocenters. The van der Waals surface area contributed by atoms with Gasteiger partial charge in [-0.2, -0.15) is 0 Å². The summed E-state index contributed by atoms with van der Waals surface area (Å²) < 4.78 is 177. The molecule has 0 saturated heterocycles. The second-order valence-electron chi connectivity index (χ2n) is 12.1. The molecule has 10 rings (SSSR count). The van der Waals surface area contributed by atoms with Crippen molar-refractivity contribution in [3.63, 3.8) is 0 Å². The lowest BCUT2D eigenvalue weighted by atomic mass is 9.85. The van der Waals surface area contributed by atoms with Crippen molar-refractivity contribution in [2.75, 3.05) is 0 Å². The highest BCUT2D eigenvalue weighted by Crippen LogP contribution is 2.41. The van der Waals surface area contributed by atoms with E-state index in [0.29, 0.717) is 22.1 Å². The monoisotopic (exact) mass is 669 g/mol. The van der Waals surface area contributed by atoms with Gasteiger partial charge in [0.2, 0.25) is 0 Å². The largest absolute Gasteiger partial charge is 0.455 e. The third-order valence-corrected chi connectivity index (χ3v) is 9.29. The topological polar surface area (TPSA) is 13.1 Å². The van der Waals surface area contributed by atoms with Gasteiger partial charge in [0.25, 0.3) is 0 Å². The zero-order valence-electron chi connectivity index (χ0n) is 45.7. The van der Waals surface area contributed by atoms with Crippen LogP contribution in [0, 0.1) is 0 Å². The molecule has 0 saturated carbocycles. The van der Waals surface area contributed by atoms with E-state index in [1.807, 2.05) is 48.5 Å². The Hall–Kier alpha value is -6.44. The second-order valence-corrected chi connectivity index (χ2v) is 12.1. The quantitative estimate of drug-likeness (QED) is 0.161. The van der Waals surface area contributed by atoms with E-state index in [-0.39, 0.29) is 60.1 Å². The molecule has 51 heavy (non-hydrogen) atoms. The molecule has 0 aliphatic rings. The van der Waals surface area contributed by atoms with Gasteiger partial charge < -0.3 is 4.42 Å².